The van der Waals surface area contributed by atoms with Gasteiger partial charge in [-0.15, -0.1) is 10.2 Å². The van der Waals surface area contributed by atoms with Gasteiger partial charge in [0, 0.05) is 0 Å². The Labute approximate surface area is 155 Å². The molecule has 0 unspecified atom stereocenters. The van der Waals surface area contributed by atoms with Gasteiger partial charge in [-0.3, -0.25) is 14.4 Å². The van der Waals surface area contributed by atoms with E-state index in [1.807, 2.05) is 26.2 Å². The lowest BCUT2D eigenvalue weighted by molar-refractivity contribution is -0.116. The summed E-state index contributed by atoms with van der Waals surface area (Å²) in [6.07, 6.45) is 2.95. The lowest BCUT2D eigenvalue weighted by atomic mass is 10.1. The average Bonchev–Trinajstić information content (AvgIpc) is 2.92. The van der Waals surface area contributed by atoms with E-state index in [1.54, 1.807) is 19.1 Å². The standard InChI is InChI=1S/C15H20N4O3S3/c1-9-6-10(2)8-12(7-9)19(25(5,21)22)11(3)13(20)16-14-17-18-15(23-4)24-14/h6-8,11H,1-5H3,(H,16,17,20)/t11-/m0/s1. The van der Waals surface area contributed by atoms with Crippen LogP contribution >= 0.6 is 23.1 Å². The van der Waals surface area contributed by atoms with Crippen molar-refractivity contribution >= 4 is 49.8 Å². The molecule has 0 bridgehead atoms. The van der Waals surface area contributed by atoms with E-state index in [1.165, 1.54) is 23.1 Å². The van der Waals surface area contributed by atoms with E-state index < -0.39 is 22.0 Å². The van der Waals surface area contributed by atoms with E-state index >= 15 is 0 Å². The molecule has 10 heteroatoms. The Bertz CT molecular complexity index is 860. The third kappa shape index (κ3) is 4.93. The topological polar surface area (TPSA) is 92.3 Å². The number of amides is 1. The first kappa shape index (κ1) is 19.7. The van der Waals surface area contributed by atoms with Gasteiger partial charge in [-0.25, -0.2) is 8.42 Å². The summed E-state index contributed by atoms with van der Waals surface area (Å²) in [6.45, 7) is 5.31. The zero-order valence-corrected chi connectivity index (χ0v) is 17.1. The third-order valence-electron chi connectivity index (χ3n) is 3.36. The molecule has 1 atom stereocenters. The molecule has 1 amide bonds. The van der Waals surface area contributed by atoms with Crippen LogP contribution in [0.2, 0.25) is 0 Å². The number of nitrogens with one attached hydrogen (secondary N) is 1. The Morgan fingerprint density at radius 3 is 2.32 bits per heavy atom. The minimum atomic E-state index is -3.65. The summed E-state index contributed by atoms with van der Waals surface area (Å²) in [5, 5.41) is 10.8. The number of rotatable bonds is 6. The highest BCUT2D eigenvalue weighted by atomic mass is 32.2. The summed E-state index contributed by atoms with van der Waals surface area (Å²) >= 11 is 2.66. The maximum absolute atomic E-state index is 12.6. The summed E-state index contributed by atoms with van der Waals surface area (Å²) < 4.78 is 26.5. The fourth-order valence-corrected chi connectivity index (χ4v) is 4.77. The van der Waals surface area contributed by atoms with Gasteiger partial charge in [-0.05, 0) is 50.3 Å². The van der Waals surface area contributed by atoms with Crippen molar-refractivity contribution in [3.8, 4) is 0 Å². The van der Waals surface area contributed by atoms with Crippen molar-refractivity contribution in [2.45, 2.75) is 31.2 Å². The molecule has 1 aromatic carbocycles. The monoisotopic (exact) mass is 400 g/mol. The number of aromatic nitrogens is 2. The van der Waals surface area contributed by atoms with Crippen molar-refractivity contribution < 1.29 is 13.2 Å². The molecule has 0 aliphatic heterocycles. The van der Waals surface area contributed by atoms with Crippen LogP contribution in [-0.2, 0) is 14.8 Å². The number of carbonyl (C=O) groups excluding carboxylic acids is 1. The van der Waals surface area contributed by atoms with Crippen LogP contribution in [0.25, 0.3) is 0 Å². The van der Waals surface area contributed by atoms with Gasteiger partial charge >= 0.3 is 0 Å². The maximum atomic E-state index is 12.6. The van der Waals surface area contributed by atoms with Crippen molar-refractivity contribution in [3.63, 3.8) is 0 Å². The van der Waals surface area contributed by atoms with Gasteiger partial charge in [-0.1, -0.05) is 29.2 Å². The van der Waals surface area contributed by atoms with Crippen LogP contribution in [0.15, 0.2) is 22.5 Å². The molecule has 0 spiro atoms. The second kappa shape index (κ2) is 7.71. The number of carbonyl (C=O) groups is 1. The number of benzene rings is 1. The number of aryl methyl sites for hydroxylation is 2. The van der Waals surface area contributed by atoms with E-state index in [9.17, 15) is 13.2 Å². The summed E-state index contributed by atoms with van der Waals surface area (Å²) in [5.41, 5.74) is 2.31. The van der Waals surface area contributed by atoms with E-state index in [0.29, 0.717) is 10.8 Å². The molecule has 1 N–H and O–H groups in total. The average molecular weight is 401 g/mol. The van der Waals surface area contributed by atoms with Gasteiger partial charge in [0.25, 0.3) is 0 Å². The van der Waals surface area contributed by atoms with Crippen molar-refractivity contribution in [1.82, 2.24) is 10.2 Å². The van der Waals surface area contributed by atoms with E-state index in [0.717, 1.165) is 26.0 Å². The Hall–Kier alpha value is -1.65. The molecule has 0 saturated carbocycles. The van der Waals surface area contributed by atoms with E-state index in [2.05, 4.69) is 15.5 Å². The number of hydrogen-bond acceptors (Lipinski definition) is 7. The first-order chi connectivity index (χ1) is 11.6. The molecule has 0 aliphatic rings. The van der Waals surface area contributed by atoms with Crippen LogP contribution in [0.5, 0.6) is 0 Å². The molecule has 2 aromatic rings. The highest BCUT2D eigenvalue weighted by Gasteiger charge is 2.30. The van der Waals surface area contributed by atoms with Crippen LogP contribution in [0.1, 0.15) is 18.1 Å². The van der Waals surface area contributed by atoms with Crippen molar-refractivity contribution in [1.29, 1.82) is 0 Å². The zero-order chi connectivity index (χ0) is 18.8. The quantitative estimate of drug-likeness (QED) is 0.592. The van der Waals surface area contributed by atoms with Crippen LogP contribution in [0.4, 0.5) is 10.8 Å². The number of nitrogens with zero attached hydrogens (tertiary/aromatic N) is 3. The summed E-state index contributed by atoms with van der Waals surface area (Å²) in [4.78, 5) is 12.6. The molecule has 0 aliphatic carbocycles. The molecule has 1 aromatic heterocycles. The summed E-state index contributed by atoms with van der Waals surface area (Å²) in [7, 11) is -3.65. The zero-order valence-electron chi connectivity index (χ0n) is 14.6. The normalized spacial score (nSPS) is 12.7. The van der Waals surface area contributed by atoms with Crippen molar-refractivity contribution in [2.24, 2.45) is 0 Å². The summed E-state index contributed by atoms with van der Waals surface area (Å²) in [6, 6.07) is 4.50. The smallest absolute Gasteiger partial charge is 0.249 e. The number of sulfonamides is 1. The minimum Gasteiger partial charge on any atom is -0.299 e. The molecule has 7 nitrogen and oxygen atoms in total. The van der Waals surface area contributed by atoms with Crippen molar-refractivity contribution in [2.75, 3.05) is 22.1 Å². The SMILES string of the molecule is CSc1nnc(NC(=O)[C@H](C)N(c2cc(C)cc(C)c2)S(C)(=O)=O)s1. The number of thioether (sulfide) groups is 1. The lowest BCUT2D eigenvalue weighted by Crippen LogP contribution is -2.45. The molecule has 25 heavy (non-hydrogen) atoms. The minimum absolute atomic E-state index is 0.343. The molecular weight excluding hydrogens is 380 g/mol. The molecule has 0 fully saturated rings. The summed E-state index contributed by atoms with van der Waals surface area (Å²) in [5.74, 6) is -0.464. The fourth-order valence-electron chi connectivity index (χ4n) is 2.44. The van der Waals surface area contributed by atoms with Crippen LogP contribution in [-0.4, -0.2) is 43.1 Å². The highest BCUT2D eigenvalue weighted by molar-refractivity contribution is 8.00. The first-order valence-corrected chi connectivity index (χ1v) is 11.3. The molecule has 0 saturated heterocycles. The van der Waals surface area contributed by atoms with E-state index in [4.69, 9.17) is 0 Å². The Kier molecular flexibility index (Phi) is 6.07. The van der Waals surface area contributed by atoms with Gasteiger partial charge in [0.1, 0.15) is 6.04 Å². The second-order valence-corrected chi connectivity index (χ2v) is 9.54. The first-order valence-electron chi connectivity index (χ1n) is 7.38. The second-order valence-electron chi connectivity index (χ2n) is 5.65. The van der Waals surface area contributed by atoms with Gasteiger partial charge < -0.3 is 0 Å². The molecule has 1 heterocycles. The number of hydrogen-bond donors (Lipinski definition) is 1. The number of anilines is 2. The third-order valence-corrected chi connectivity index (χ3v) is 6.42. The van der Waals surface area contributed by atoms with Crippen LogP contribution in [0, 0.1) is 13.8 Å². The Morgan fingerprint density at radius 1 is 1.24 bits per heavy atom. The van der Waals surface area contributed by atoms with Gasteiger partial charge in [-0.2, -0.15) is 0 Å². The lowest BCUT2D eigenvalue weighted by Gasteiger charge is -2.28. The Morgan fingerprint density at radius 2 is 1.84 bits per heavy atom. The van der Waals surface area contributed by atoms with Gasteiger partial charge in [0.2, 0.25) is 21.1 Å². The largest absolute Gasteiger partial charge is 0.299 e. The molecule has 0 radical (unpaired) electrons. The predicted octanol–water partition coefficient (Wildman–Crippen LogP) is 2.67. The van der Waals surface area contributed by atoms with Gasteiger partial charge in [0.05, 0.1) is 11.9 Å². The van der Waals surface area contributed by atoms with E-state index in [-0.39, 0.29) is 0 Å². The highest BCUT2D eigenvalue weighted by Crippen LogP contribution is 2.26. The molecular formula is C15H20N4O3S3. The maximum Gasteiger partial charge on any atom is 0.249 e. The Balaban J connectivity index is 2.32. The fraction of sp³-hybridized carbons (Fsp3) is 0.400. The van der Waals surface area contributed by atoms with Crippen LogP contribution < -0.4 is 9.62 Å². The van der Waals surface area contributed by atoms with Crippen LogP contribution in [0.3, 0.4) is 0 Å². The molecule has 2 rings (SSSR count). The van der Waals surface area contributed by atoms with Crippen molar-refractivity contribution in [3.05, 3.63) is 29.3 Å². The predicted molar refractivity (Wildman–Crippen MR) is 103 cm³/mol. The van der Waals surface area contributed by atoms with Gasteiger partial charge in [0.15, 0.2) is 4.34 Å². The molecule has 136 valence electrons.